The maximum atomic E-state index is 6.06. The van der Waals surface area contributed by atoms with E-state index in [9.17, 15) is 0 Å². The quantitative estimate of drug-likeness (QED) is 0.664. The average molecular weight is 326 g/mol. The highest BCUT2D eigenvalue weighted by atomic mass is 35.5. The molecule has 1 aliphatic rings. The van der Waals surface area contributed by atoms with E-state index in [2.05, 4.69) is 40.7 Å². The predicted octanol–water partition coefficient (Wildman–Crippen LogP) is 2.03. The summed E-state index contributed by atoms with van der Waals surface area (Å²) in [5.74, 6) is 1.64. The summed E-state index contributed by atoms with van der Waals surface area (Å²) in [5.41, 5.74) is 1.18. The van der Waals surface area contributed by atoms with Crippen molar-refractivity contribution in [3.05, 3.63) is 23.0 Å². The van der Waals surface area contributed by atoms with E-state index in [-0.39, 0.29) is 0 Å². The Kier molecular flexibility index (Phi) is 6.15. The minimum atomic E-state index is 0.677. The summed E-state index contributed by atoms with van der Waals surface area (Å²) in [4.78, 5) is 9.36. The minimum Gasteiger partial charge on any atom is -0.357 e. The molecule has 0 amide bonds. The number of aromatic nitrogens is 1. The Morgan fingerprint density at radius 3 is 2.82 bits per heavy atom. The highest BCUT2D eigenvalue weighted by Gasteiger charge is 2.19. The van der Waals surface area contributed by atoms with Crippen molar-refractivity contribution in [1.82, 2.24) is 19.7 Å². The number of halogens is 1. The molecule has 0 aromatic carbocycles. The molecule has 0 saturated carbocycles. The van der Waals surface area contributed by atoms with Crippen LogP contribution in [0.5, 0.6) is 0 Å². The van der Waals surface area contributed by atoms with Gasteiger partial charge in [-0.05, 0) is 38.9 Å². The van der Waals surface area contributed by atoms with E-state index in [4.69, 9.17) is 16.6 Å². The molecule has 1 unspecified atom stereocenters. The third-order valence-electron chi connectivity index (χ3n) is 4.16. The molecule has 0 spiro atoms. The lowest BCUT2D eigenvalue weighted by molar-refractivity contribution is 0.396. The molecule has 1 saturated heterocycles. The van der Waals surface area contributed by atoms with E-state index >= 15 is 0 Å². The van der Waals surface area contributed by atoms with Crippen LogP contribution >= 0.6 is 11.6 Å². The standard InChI is InChI=1S/C16H28ClN5/c1-5-18-16(19-9-13-6-7-20(2)10-13)22(4)12-15-8-14(17)11-21(15)3/h8,11,13H,5-7,9-10,12H2,1-4H3,(H,18,19). The van der Waals surface area contributed by atoms with Crippen LogP contribution in [-0.4, -0.2) is 60.6 Å². The SMILES string of the molecule is CCNC(=NCC1CCN(C)C1)N(C)Cc1cc(Cl)cn1C. The number of guanidine groups is 1. The highest BCUT2D eigenvalue weighted by molar-refractivity contribution is 6.30. The van der Waals surface area contributed by atoms with Crippen LogP contribution in [0.15, 0.2) is 17.3 Å². The molecule has 0 aliphatic carbocycles. The number of rotatable bonds is 5. The molecule has 1 fully saturated rings. The highest BCUT2D eigenvalue weighted by Crippen LogP contribution is 2.16. The molecule has 2 rings (SSSR count). The van der Waals surface area contributed by atoms with Gasteiger partial charge in [0.2, 0.25) is 0 Å². The summed E-state index contributed by atoms with van der Waals surface area (Å²) in [6, 6.07) is 2.01. The molecule has 1 aromatic heterocycles. The summed E-state index contributed by atoms with van der Waals surface area (Å²) in [6.07, 6.45) is 3.18. The number of hydrogen-bond acceptors (Lipinski definition) is 2. The van der Waals surface area contributed by atoms with Crippen molar-refractivity contribution < 1.29 is 0 Å². The van der Waals surface area contributed by atoms with Crippen molar-refractivity contribution in [2.24, 2.45) is 18.0 Å². The fourth-order valence-electron chi connectivity index (χ4n) is 2.90. The van der Waals surface area contributed by atoms with Crippen LogP contribution in [0.2, 0.25) is 5.02 Å². The Labute approximate surface area is 138 Å². The van der Waals surface area contributed by atoms with Crippen LogP contribution in [0.25, 0.3) is 0 Å². The minimum absolute atomic E-state index is 0.677. The second-order valence-corrected chi connectivity index (χ2v) is 6.66. The van der Waals surface area contributed by atoms with Gasteiger partial charge < -0.3 is 19.7 Å². The Balaban J connectivity index is 1.98. The van der Waals surface area contributed by atoms with Gasteiger partial charge in [0.1, 0.15) is 0 Å². The van der Waals surface area contributed by atoms with Crippen molar-refractivity contribution in [3.8, 4) is 0 Å². The summed E-state index contributed by atoms with van der Waals surface area (Å²) in [5, 5.41) is 4.16. The van der Waals surface area contributed by atoms with Gasteiger partial charge in [-0.2, -0.15) is 0 Å². The first-order valence-corrected chi connectivity index (χ1v) is 8.36. The third-order valence-corrected chi connectivity index (χ3v) is 4.37. The van der Waals surface area contributed by atoms with Crippen LogP contribution in [0.1, 0.15) is 19.0 Å². The van der Waals surface area contributed by atoms with Crippen LogP contribution in [-0.2, 0) is 13.6 Å². The summed E-state index contributed by atoms with van der Waals surface area (Å²) in [7, 11) is 6.27. The van der Waals surface area contributed by atoms with Gasteiger partial charge in [-0.25, -0.2) is 0 Å². The average Bonchev–Trinajstić information content (AvgIpc) is 3.00. The van der Waals surface area contributed by atoms with E-state index in [0.29, 0.717) is 5.92 Å². The zero-order chi connectivity index (χ0) is 16.1. The lowest BCUT2D eigenvalue weighted by Crippen LogP contribution is -2.39. The van der Waals surface area contributed by atoms with E-state index in [1.54, 1.807) is 0 Å². The van der Waals surface area contributed by atoms with Gasteiger partial charge in [-0.3, -0.25) is 4.99 Å². The van der Waals surface area contributed by atoms with Crippen molar-refractivity contribution >= 4 is 17.6 Å². The van der Waals surface area contributed by atoms with Gasteiger partial charge >= 0.3 is 0 Å². The van der Waals surface area contributed by atoms with Gasteiger partial charge in [0.15, 0.2) is 5.96 Å². The van der Waals surface area contributed by atoms with Gasteiger partial charge in [0.05, 0.1) is 11.6 Å². The number of nitrogens with one attached hydrogen (secondary N) is 1. The van der Waals surface area contributed by atoms with Crippen LogP contribution in [0, 0.1) is 5.92 Å². The topological polar surface area (TPSA) is 35.8 Å². The number of likely N-dealkylation sites (tertiary alicyclic amines) is 1. The zero-order valence-electron chi connectivity index (χ0n) is 14.1. The van der Waals surface area contributed by atoms with Gasteiger partial charge in [-0.15, -0.1) is 0 Å². The van der Waals surface area contributed by atoms with Crippen LogP contribution in [0.4, 0.5) is 0 Å². The lowest BCUT2D eigenvalue weighted by Gasteiger charge is -2.23. The number of nitrogens with zero attached hydrogens (tertiary/aromatic N) is 4. The monoisotopic (exact) mass is 325 g/mol. The second kappa shape index (κ2) is 7.88. The second-order valence-electron chi connectivity index (χ2n) is 6.23. The predicted molar refractivity (Wildman–Crippen MR) is 93.5 cm³/mol. The lowest BCUT2D eigenvalue weighted by atomic mass is 10.1. The molecule has 0 radical (unpaired) electrons. The molecule has 5 nitrogen and oxygen atoms in total. The molecule has 2 heterocycles. The van der Waals surface area contributed by atoms with Crippen molar-refractivity contribution in [3.63, 3.8) is 0 Å². The van der Waals surface area contributed by atoms with Crippen molar-refractivity contribution in [1.29, 1.82) is 0 Å². The first-order valence-electron chi connectivity index (χ1n) is 7.98. The summed E-state index contributed by atoms with van der Waals surface area (Å²) < 4.78 is 2.06. The molecule has 1 atom stereocenters. The van der Waals surface area contributed by atoms with E-state index in [1.807, 2.05) is 19.3 Å². The molecule has 124 valence electrons. The number of hydrogen-bond donors (Lipinski definition) is 1. The largest absolute Gasteiger partial charge is 0.357 e. The van der Waals surface area contributed by atoms with Crippen molar-refractivity contribution in [2.45, 2.75) is 19.9 Å². The Morgan fingerprint density at radius 2 is 2.27 bits per heavy atom. The van der Waals surface area contributed by atoms with Gasteiger partial charge in [0, 0.05) is 45.6 Å². The van der Waals surface area contributed by atoms with Crippen LogP contribution < -0.4 is 5.32 Å². The molecular formula is C16H28ClN5. The normalized spacial score (nSPS) is 19.7. The third kappa shape index (κ3) is 4.65. The maximum absolute atomic E-state index is 6.06. The van der Waals surface area contributed by atoms with Crippen LogP contribution in [0.3, 0.4) is 0 Å². The molecule has 0 bridgehead atoms. The Hall–Kier alpha value is -1.20. The molecular weight excluding hydrogens is 298 g/mol. The maximum Gasteiger partial charge on any atom is 0.194 e. The smallest absolute Gasteiger partial charge is 0.194 e. The Morgan fingerprint density at radius 1 is 1.50 bits per heavy atom. The zero-order valence-corrected chi connectivity index (χ0v) is 14.9. The van der Waals surface area contributed by atoms with E-state index < -0.39 is 0 Å². The first kappa shape index (κ1) is 17.2. The molecule has 1 aliphatic heterocycles. The first-order chi connectivity index (χ1) is 10.5. The summed E-state index contributed by atoms with van der Waals surface area (Å²) >= 11 is 6.06. The molecule has 1 N–H and O–H groups in total. The Bertz CT molecular complexity index is 511. The fourth-order valence-corrected chi connectivity index (χ4v) is 3.17. The molecule has 22 heavy (non-hydrogen) atoms. The van der Waals surface area contributed by atoms with E-state index in [1.165, 1.54) is 18.7 Å². The van der Waals surface area contributed by atoms with E-state index in [0.717, 1.165) is 37.2 Å². The van der Waals surface area contributed by atoms with Gasteiger partial charge in [-0.1, -0.05) is 11.6 Å². The number of aliphatic imine (C=N–C) groups is 1. The molecule has 6 heteroatoms. The van der Waals surface area contributed by atoms with Gasteiger partial charge in [0.25, 0.3) is 0 Å². The molecule has 1 aromatic rings. The fraction of sp³-hybridized carbons (Fsp3) is 0.688. The summed E-state index contributed by atoms with van der Waals surface area (Å²) in [6.45, 7) is 7.01. The van der Waals surface area contributed by atoms with Crippen molar-refractivity contribution in [2.75, 3.05) is 40.3 Å². The number of aryl methyl sites for hydroxylation is 1.